The Hall–Kier alpha value is -6.74. The highest BCUT2D eigenvalue weighted by atomic mass is 16.5. The van der Waals surface area contributed by atoms with Crippen LogP contribution in [-0.2, 0) is 23.6 Å². The molecule has 22 nitrogen and oxygen atoms in total. The maximum atomic E-state index is 12.1. The van der Waals surface area contributed by atoms with Crippen molar-refractivity contribution < 1.29 is 19.1 Å². The quantitative estimate of drug-likeness (QED) is 0.0717. The first-order valence-electron chi connectivity index (χ1n) is 13.5. The number of carbonyl (C=O) groups is 3. The Morgan fingerprint density at radius 1 is 0.809 bits per heavy atom. The van der Waals surface area contributed by atoms with Crippen molar-refractivity contribution in [1.82, 2.24) is 54.1 Å². The summed E-state index contributed by atoms with van der Waals surface area (Å²) in [5.41, 5.74) is 14.0. The number of azo groups is 2. The summed E-state index contributed by atoms with van der Waals surface area (Å²) in [6.07, 6.45) is 2.69. The molecule has 0 aromatic carbocycles. The molecule has 0 spiro atoms. The fourth-order valence-corrected chi connectivity index (χ4v) is 4.14. The lowest BCUT2D eigenvalue weighted by Crippen LogP contribution is -2.19. The topological polar surface area (TPSA) is 275 Å². The zero-order chi connectivity index (χ0) is 34.2. The Bertz CT molecular complexity index is 2100. The minimum Gasteiger partial charge on any atom is -0.465 e. The average molecular weight is 645 g/mol. The molecule has 5 heterocycles. The van der Waals surface area contributed by atoms with Crippen LogP contribution < -0.4 is 16.4 Å². The van der Waals surface area contributed by atoms with E-state index in [1.165, 1.54) is 38.2 Å². The van der Waals surface area contributed by atoms with E-state index < -0.39 is 11.8 Å². The molecule has 5 aromatic rings. The molecule has 4 N–H and O–H groups in total. The van der Waals surface area contributed by atoms with Gasteiger partial charge in [-0.25, -0.2) is 14.2 Å². The fraction of sp³-hybridized carbons (Fsp3) is 0.280. The monoisotopic (exact) mass is 644 g/mol. The van der Waals surface area contributed by atoms with Crippen LogP contribution in [0.2, 0.25) is 0 Å². The van der Waals surface area contributed by atoms with Gasteiger partial charge < -0.3 is 21.1 Å². The lowest BCUT2D eigenvalue weighted by atomic mass is 10.2. The highest BCUT2D eigenvalue weighted by Crippen LogP contribution is 2.33. The predicted molar refractivity (Wildman–Crippen MR) is 163 cm³/mol. The van der Waals surface area contributed by atoms with Gasteiger partial charge in [0.05, 0.1) is 36.5 Å². The van der Waals surface area contributed by atoms with E-state index in [-0.39, 0.29) is 69.9 Å². The van der Waals surface area contributed by atoms with Crippen LogP contribution >= 0.6 is 0 Å². The molecule has 0 aliphatic carbocycles. The maximum Gasteiger partial charge on any atom is 0.343 e. The standard InChI is InChI=1S/C25H28N18O4/c1-11-16(33-35-20-13(15(45)10-44)8-28-40(20)5)18(26)42(37-11)24-30-23(39(3)4)31-25(32-24)43-19(27)17(12(2)38-43)34-36-21-14(22(46)47-7)9-29-41(21)6/h8-10H,26-27H2,1-7H3/b35-33+,36-34+. The molecule has 47 heavy (non-hydrogen) atoms. The molecular formula is C25H28N18O4. The van der Waals surface area contributed by atoms with Gasteiger partial charge in [0.1, 0.15) is 5.56 Å². The maximum absolute atomic E-state index is 12.1. The van der Waals surface area contributed by atoms with Gasteiger partial charge in [-0.2, -0.15) is 44.7 Å². The van der Waals surface area contributed by atoms with Crippen molar-refractivity contribution in [1.29, 1.82) is 0 Å². The van der Waals surface area contributed by atoms with Crippen LogP contribution in [0, 0.1) is 13.8 Å². The zero-order valence-electron chi connectivity index (χ0n) is 26.2. The minimum atomic E-state index is -0.804. The summed E-state index contributed by atoms with van der Waals surface area (Å²) in [5, 5.41) is 33.6. The van der Waals surface area contributed by atoms with Gasteiger partial charge in [0.25, 0.3) is 11.9 Å². The number of ether oxygens (including phenoxy) is 1. The van der Waals surface area contributed by atoms with Gasteiger partial charge in [0, 0.05) is 28.2 Å². The molecule has 0 radical (unpaired) electrons. The van der Waals surface area contributed by atoms with E-state index >= 15 is 0 Å². The second kappa shape index (κ2) is 12.3. The molecule has 0 aliphatic heterocycles. The van der Waals surface area contributed by atoms with Crippen molar-refractivity contribution >= 4 is 58.6 Å². The Kier molecular flexibility index (Phi) is 8.31. The molecule has 0 saturated carbocycles. The smallest absolute Gasteiger partial charge is 0.343 e. The van der Waals surface area contributed by atoms with Gasteiger partial charge in [0.15, 0.2) is 40.9 Å². The van der Waals surface area contributed by atoms with Crippen molar-refractivity contribution in [2.24, 2.45) is 34.6 Å². The molecule has 0 atom stereocenters. The number of hydrogen-bond donors (Lipinski definition) is 2. The molecule has 0 fully saturated rings. The van der Waals surface area contributed by atoms with Gasteiger partial charge in [-0.05, 0) is 13.8 Å². The molecule has 242 valence electrons. The van der Waals surface area contributed by atoms with E-state index in [0.717, 1.165) is 0 Å². The van der Waals surface area contributed by atoms with E-state index in [0.29, 0.717) is 11.4 Å². The summed E-state index contributed by atoms with van der Waals surface area (Å²) in [4.78, 5) is 50.2. The van der Waals surface area contributed by atoms with Crippen LogP contribution in [0.5, 0.6) is 0 Å². The number of anilines is 3. The second-order valence-electron chi connectivity index (χ2n) is 9.98. The summed E-state index contributed by atoms with van der Waals surface area (Å²) in [7, 11) is 7.82. The number of aryl methyl sites for hydroxylation is 4. The van der Waals surface area contributed by atoms with Crippen molar-refractivity contribution in [3.63, 3.8) is 0 Å². The van der Waals surface area contributed by atoms with Gasteiger partial charge in [0.2, 0.25) is 11.7 Å². The van der Waals surface area contributed by atoms with Crippen molar-refractivity contribution in [2.45, 2.75) is 13.8 Å². The molecule has 0 saturated heterocycles. The molecule has 0 unspecified atom stereocenters. The Labute approximate surface area is 264 Å². The Balaban J connectivity index is 1.55. The number of Topliss-reactive ketones (excluding diaryl/α,β-unsaturated/α-hetero) is 1. The van der Waals surface area contributed by atoms with E-state index in [1.807, 2.05) is 0 Å². The number of hydrogen-bond acceptors (Lipinski definition) is 18. The molecule has 0 amide bonds. The second-order valence-corrected chi connectivity index (χ2v) is 9.98. The van der Waals surface area contributed by atoms with Crippen LogP contribution in [0.15, 0.2) is 32.9 Å². The molecule has 5 aromatic heterocycles. The number of esters is 1. The largest absolute Gasteiger partial charge is 0.465 e. The SMILES string of the molecule is COC(=O)c1cnn(C)c1/N=N/c1c(C)nn(-c2nc(N(C)C)nc(-n3nc(C)c(/N=N/c4c(C(=O)C=O)cnn4C)c3N)n2)c1N. The lowest BCUT2D eigenvalue weighted by Gasteiger charge is -2.13. The van der Waals surface area contributed by atoms with Gasteiger partial charge in [-0.15, -0.1) is 20.5 Å². The van der Waals surface area contributed by atoms with Gasteiger partial charge >= 0.3 is 5.97 Å². The zero-order valence-corrected chi connectivity index (χ0v) is 26.2. The third-order valence-corrected chi connectivity index (χ3v) is 6.59. The minimum absolute atomic E-state index is 0.000774. The van der Waals surface area contributed by atoms with Gasteiger partial charge in [-0.3, -0.25) is 9.59 Å². The van der Waals surface area contributed by atoms with Crippen molar-refractivity contribution in [2.75, 3.05) is 37.6 Å². The lowest BCUT2D eigenvalue weighted by molar-refractivity contribution is -0.104. The normalized spacial score (nSPS) is 11.6. The van der Waals surface area contributed by atoms with E-state index in [4.69, 9.17) is 16.2 Å². The summed E-state index contributed by atoms with van der Waals surface area (Å²) in [5.74, 6) is -0.995. The van der Waals surface area contributed by atoms with Crippen LogP contribution in [0.25, 0.3) is 11.9 Å². The first-order chi connectivity index (χ1) is 22.4. The van der Waals surface area contributed by atoms with Crippen LogP contribution in [0.4, 0.5) is 40.6 Å². The van der Waals surface area contributed by atoms with Crippen LogP contribution in [-0.4, -0.2) is 93.3 Å². The number of carbonyl (C=O) groups excluding carboxylic acids is 3. The molecular weight excluding hydrogens is 616 g/mol. The summed E-state index contributed by atoms with van der Waals surface area (Å²) < 4.78 is 9.90. The molecule has 5 rings (SSSR count). The first-order valence-corrected chi connectivity index (χ1v) is 13.5. The summed E-state index contributed by atoms with van der Waals surface area (Å²) >= 11 is 0. The summed E-state index contributed by atoms with van der Waals surface area (Å²) in [6.45, 7) is 3.29. The van der Waals surface area contributed by atoms with Crippen molar-refractivity contribution in [3.8, 4) is 11.9 Å². The number of ketones is 1. The van der Waals surface area contributed by atoms with Crippen molar-refractivity contribution in [3.05, 3.63) is 34.9 Å². The van der Waals surface area contributed by atoms with Crippen LogP contribution in [0.3, 0.4) is 0 Å². The number of methoxy groups -OCH3 is 1. The Morgan fingerprint density at radius 3 is 1.72 bits per heavy atom. The number of aromatic nitrogens is 11. The highest BCUT2D eigenvalue weighted by molar-refractivity contribution is 6.34. The predicted octanol–water partition coefficient (Wildman–Crippen LogP) is 1.56. The third kappa shape index (κ3) is 5.76. The third-order valence-electron chi connectivity index (χ3n) is 6.59. The number of nitrogens with two attached hydrogens (primary N) is 2. The average Bonchev–Trinajstić information content (AvgIpc) is 3.77. The number of nitrogens with zero attached hydrogens (tertiary/aromatic N) is 16. The van der Waals surface area contributed by atoms with Gasteiger partial charge in [-0.1, -0.05) is 0 Å². The van der Waals surface area contributed by atoms with E-state index in [1.54, 1.807) is 46.9 Å². The first kappa shape index (κ1) is 31.7. The van der Waals surface area contributed by atoms with E-state index in [2.05, 4.69) is 55.8 Å². The Morgan fingerprint density at radius 2 is 1.28 bits per heavy atom. The van der Waals surface area contributed by atoms with Crippen LogP contribution in [0.1, 0.15) is 32.1 Å². The van der Waals surface area contributed by atoms with E-state index in [9.17, 15) is 14.4 Å². The highest BCUT2D eigenvalue weighted by Gasteiger charge is 2.23. The number of aldehydes is 1. The fourth-order valence-electron chi connectivity index (χ4n) is 4.14. The molecule has 0 bridgehead atoms. The molecule has 22 heteroatoms. The molecule has 0 aliphatic rings. The number of nitrogen functional groups attached to an aromatic ring is 2. The number of rotatable bonds is 10. The summed E-state index contributed by atoms with van der Waals surface area (Å²) in [6, 6.07) is 0.